The summed E-state index contributed by atoms with van der Waals surface area (Å²) >= 11 is 0. The largest absolute Gasteiger partial charge is 0.481 e. The maximum absolute atomic E-state index is 12.3. The van der Waals surface area contributed by atoms with E-state index in [0.717, 1.165) is 0 Å². The predicted octanol–water partition coefficient (Wildman–Crippen LogP) is 2.16. The molecule has 0 radical (unpaired) electrons. The molecule has 23 heavy (non-hydrogen) atoms. The number of fused-ring (bicyclic) bond motifs is 2. The molecular weight excluding hydrogens is 302 g/mol. The van der Waals surface area contributed by atoms with Gasteiger partial charge in [-0.05, 0) is 36.0 Å². The monoisotopic (exact) mass is 317 g/mol. The molecule has 4 atom stereocenters. The number of hydrogen-bond donors (Lipinski definition) is 1. The molecule has 0 aromatic heterocycles. The summed E-state index contributed by atoms with van der Waals surface area (Å²) < 4.78 is 5.24. The summed E-state index contributed by atoms with van der Waals surface area (Å²) in [7, 11) is 0. The molecule has 1 aromatic carbocycles. The summed E-state index contributed by atoms with van der Waals surface area (Å²) in [5.74, 6) is -3.05. The van der Waals surface area contributed by atoms with Crippen molar-refractivity contribution in [2.45, 2.75) is 13.0 Å². The van der Waals surface area contributed by atoms with Gasteiger partial charge in [-0.25, -0.2) is 0 Å². The van der Waals surface area contributed by atoms with Crippen molar-refractivity contribution in [2.24, 2.45) is 23.7 Å². The van der Waals surface area contributed by atoms with Gasteiger partial charge < -0.3 is 9.84 Å². The number of aliphatic carboxylic acids is 1. The number of esters is 1. The van der Waals surface area contributed by atoms with Gasteiger partial charge in [0.1, 0.15) is 6.61 Å². The molecule has 0 amide bonds. The number of ether oxygens (including phenoxy) is 1. The molecule has 0 heterocycles. The van der Waals surface area contributed by atoms with E-state index in [1.54, 1.807) is 0 Å². The summed E-state index contributed by atoms with van der Waals surface area (Å²) in [5.41, 5.74) is 0.582. The van der Waals surface area contributed by atoms with Gasteiger partial charge in [-0.2, -0.15) is 0 Å². The fourth-order valence-electron chi connectivity index (χ4n) is 3.44. The van der Waals surface area contributed by atoms with Gasteiger partial charge in [-0.15, -0.1) is 0 Å². The molecule has 2 aliphatic rings. The fraction of sp³-hybridized carbons (Fsp3) is 0.375. The third-order valence-corrected chi connectivity index (χ3v) is 4.54. The molecule has 7 heteroatoms. The SMILES string of the molecule is O=C(OCc1ccc([N+](=O)[O-])cc1)[C@@H]1[C@H](C(=O)O)[C@H]2C=C[C@H]1C2. The second-order valence-electron chi connectivity index (χ2n) is 5.87. The Morgan fingerprint density at radius 2 is 1.78 bits per heavy atom. The highest BCUT2D eigenvalue weighted by Crippen LogP contribution is 2.48. The minimum Gasteiger partial charge on any atom is -0.481 e. The van der Waals surface area contributed by atoms with E-state index in [9.17, 15) is 24.8 Å². The van der Waals surface area contributed by atoms with E-state index in [-0.39, 0.29) is 24.1 Å². The van der Waals surface area contributed by atoms with E-state index >= 15 is 0 Å². The second kappa shape index (κ2) is 5.83. The Balaban J connectivity index is 1.64. The van der Waals surface area contributed by atoms with Crippen LogP contribution in [0.5, 0.6) is 0 Å². The van der Waals surface area contributed by atoms with Crippen LogP contribution >= 0.6 is 0 Å². The van der Waals surface area contributed by atoms with E-state index in [2.05, 4.69) is 0 Å². The summed E-state index contributed by atoms with van der Waals surface area (Å²) in [6.45, 7) is -0.0270. The van der Waals surface area contributed by atoms with E-state index in [1.807, 2.05) is 12.2 Å². The number of nitrogens with zero attached hydrogens (tertiary/aromatic N) is 1. The number of allylic oxidation sites excluding steroid dienone is 2. The topological polar surface area (TPSA) is 107 Å². The Bertz CT molecular complexity index is 680. The lowest BCUT2D eigenvalue weighted by atomic mass is 9.83. The van der Waals surface area contributed by atoms with Gasteiger partial charge in [-0.3, -0.25) is 19.7 Å². The molecule has 2 bridgehead atoms. The molecular formula is C16H15NO6. The highest BCUT2D eigenvalue weighted by Gasteiger charge is 2.52. The van der Waals surface area contributed by atoms with E-state index in [1.165, 1.54) is 24.3 Å². The number of carbonyl (C=O) groups is 2. The first-order chi connectivity index (χ1) is 11.0. The number of nitro benzene ring substituents is 1. The zero-order valence-corrected chi connectivity index (χ0v) is 12.1. The molecule has 1 saturated carbocycles. The third-order valence-electron chi connectivity index (χ3n) is 4.54. The lowest BCUT2D eigenvalue weighted by molar-refractivity contribution is -0.384. The Morgan fingerprint density at radius 3 is 2.35 bits per heavy atom. The van der Waals surface area contributed by atoms with Crippen LogP contribution in [0.3, 0.4) is 0 Å². The molecule has 1 aromatic rings. The molecule has 0 unspecified atom stereocenters. The minimum absolute atomic E-state index is 0.0270. The molecule has 120 valence electrons. The number of nitro groups is 1. The first-order valence-electron chi connectivity index (χ1n) is 7.28. The smallest absolute Gasteiger partial charge is 0.310 e. The van der Waals surface area contributed by atoms with Gasteiger partial charge in [0, 0.05) is 12.1 Å². The molecule has 1 fully saturated rings. The molecule has 1 N–H and O–H groups in total. The highest BCUT2D eigenvalue weighted by molar-refractivity contribution is 5.83. The number of carboxylic acid groups (broad SMARTS) is 1. The van der Waals surface area contributed by atoms with Crippen molar-refractivity contribution in [3.05, 3.63) is 52.1 Å². The minimum atomic E-state index is -0.973. The number of carboxylic acids is 1. The molecule has 0 spiro atoms. The van der Waals surface area contributed by atoms with Crippen LogP contribution in [0.1, 0.15) is 12.0 Å². The summed E-state index contributed by atoms with van der Waals surface area (Å²) in [6.07, 6.45) is 4.43. The Labute approximate surface area is 131 Å². The molecule has 7 nitrogen and oxygen atoms in total. The number of carbonyl (C=O) groups excluding carboxylic acids is 1. The molecule has 0 aliphatic heterocycles. The summed E-state index contributed by atoms with van der Waals surface area (Å²) in [5, 5.41) is 19.9. The van der Waals surface area contributed by atoms with Crippen LogP contribution in [0.15, 0.2) is 36.4 Å². The van der Waals surface area contributed by atoms with E-state index < -0.39 is 28.7 Å². The summed E-state index contributed by atoms with van der Waals surface area (Å²) in [6, 6.07) is 5.70. The lowest BCUT2D eigenvalue weighted by Gasteiger charge is -2.23. The van der Waals surface area contributed by atoms with Gasteiger partial charge in [0.15, 0.2) is 0 Å². The van der Waals surface area contributed by atoms with Crippen molar-refractivity contribution >= 4 is 17.6 Å². The van der Waals surface area contributed by atoms with Crippen LogP contribution in [0.25, 0.3) is 0 Å². The van der Waals surface area contributed by atoms with Crippen LogP contribution in [0.2, 0.25) is 0 Å². The zero-order chi connectivity index (χ0) is 16.6. The standard InChI is InChI=1S/C16H15NO6/c18-15(19)13-10-3-4-11(7-10)14(13)16(20)23-8-9-1-5-12(6-2-9)17(21)22/h1-6,10-11,13-14H,7-8H2,(H,18,19)/t10-,11-,13+,14-/m0/s1. The fourth-order valence-corrected chi connectivity index (χ4v) is 3.44. The van der Waals surface area contributed by atoms with Crippen molar-refractivity contribution in [1.82, 2.24) is 0 Å². The average molecular weight is 317 g/mol. The molecule has 2 aliphatic carbocycles. The maximum atomic E-state index is 12.3. The predicted molar refractivity (Wildman–Crippen MR) is 78.2 cm³/mol. The molecule has 0 saturated heterocycles. The zero-order valence-electron chi connectivity index (χ0n) is 12.1. The Morgan fingerprint density at radius 1 is 1.17 bits per heavy atom. The van der Waals surface area contributed by atoms with Gasteiger partial charge in [0.2, 0.25) is 0 Å². The van der Waals surface area contributed by atoms with Crippen LogP contribution in [0.4, 0.5) is 5.69 Å². The Kier molecular flexibility index (Phi) is 3.85. The summed E-state index contributed by atoms with van der Waals surface area (Å²) in [4.78, 5) is 33.7. The van der Waals surface area contributed by atoms with Crippen molar-refractivity contribution in [2.75, 3.05) is 0 Å². The van der Waals surface area contributed by atoms with Crippen LogP contribution in [0, 0.1) is 33.8 Å². The van der Waals surface area contributed by atoms with Gasteiger partial charge >= 0.3 is 11.9 Å². The van der Waals surface area contributed by atoms with Crippen molar-refractivity contribution in [3.63, 3.8) is 0 Å². The average Bonchev–Trinajstić information content (AvgIpc) is 3.13. The van der Waals surface area contributed by atoms with Gasteiger partial charge in [0.25, 0.3) is 5.69 Å². The van der Waals surface area contributed by atoms with Gasteiger partial charge in [-0.1, -0.05) is 12.2 Å². The van der Waals surface area contributed by atoms with Crippen LogP contribution in [-0.4, -0.2) is 22.0 Å². The first kappa shape index (κ1) is 15.2. The van der Waals surface area contributed by atoms with E-state index in [0.29, 0.717) is 12.0 Å². The third kappa shape index (κ3) is 2.81. The lowest BCUT2D eigenvalue weighted by Crippen LogP contribution is -2.34. The van der Waals surface area contributed by atoms with Crippen LogP contribution < -0.4 is 0 Å². The maximum Gasteiger partial charge on any atom is 0.310 e. The quantitative estimate of drug-likeness (QED) is 0.386. The molecule has 3 rings (SSSR count). The number of non-ortho nitro benzene ring substituents is 1. The Hall–Kier alpha value is -2.70. The van der Waals surface area contributed by atoms with Crippen molar-refractivity contribution < 1.29 is 24.4 Å². The first-order valence-corrected chi connectivity index (χ1v) is 7.28. The van der Waals surface area contributed by atoms with Crippen molar-refractivity contribution in [1.29, 1.82) is 0 Å². The van der Waals surface area contributed by atoms with Gasteiger partial charge in [0.05, 0.1) is 16.8 Å². The van der Waals surface area contributed by atoms with Crippen molar-refractivity contribution in [3.8, 4) is 0 Å². The number of rotatable bonds is 5. The highest BCUT2D eigenvalue weighted by atomic mass is 16.6. The second-order valence-corrected chi connectivity index (χ2v) is 5.87. The normalized spacial score (nSPS) is 27.8. The number of benzene rings is 1. The van der Waals surface area contributed by atoms with Crippen LogP contribution in [-0.2, 0) is 20.9 Å². The van der Waals surface area contributed by atoms with E-state index in [4.69, 9.17) is 4.74 Å². The number of hydrogen-bond acceptors (Lipinski definition) is 5.